The summed E-state index contributed by atoms with van der Waals surface area (Å²) in [7, 11) is 1.67. The summed E-state index contributed by atoms with van der Waals surface area (Å²) in [4.78, 5) is 11.2. The van der Waals surface area contributed by atoms with E-state index in [0.717, 1.165) is 0 Å². The van der Waals surface area contributed by atoms with Crippen molar-refractivity contribution in [3.63, 3.8) is 0 Å². The van der Waals surface area contributed by atoms with Crippen molar-refractivity contribution in [2.45, 2.75) is 13.0 Å². The van der Waals surface area contributed by atoms with Crippen LogP contribution in [0.2, 0.25) is 0 Å². The molecule has 1 rings (SSSR count). The number of carbonyl (C=O) groups is 1. The lowest BCUT2D eigenvalue weighted by Gasteiger charge is -2.10. The monoisotopic (exact) mass is 294 g/mol. The molecule has 0 spiro atoms. The number of halogens is 3. The largest absolute Gasteiger partial charge is 0.435 e. The van der Waals surface area contributed by atoms with Gasteiger partial charge in [0.1, 0.15) is 5.75 Å². The van der Waals surface area contributed by atoms with Gasteiger partial charge in [-0.2, -0.15) is 8.78 Å². The summed E-state index contributed by atoms with van der Waals surface area (Å²) in [5, 5.41) is 5.39. The van der Waals surface area contributed by atoms with Crippen molar-refractivity contribution < 1.29 is 18.3 Å². The Bertz CT molecular complexity index is 392. The third-order valence-corrected chi connectivity index (χ3v) is 2.24. The number of nitrogens with one attached hydrogen (secondary N) is 2. The minimum absolute atomic E-state index is 0. The number of ether oxygens (including phenoxy) is 1. The molecule has 0 fully saturated rings. The summed E-state index contributed by atoms with van der Waals surface area (Å²) in [6.07, 6.45) is 0.443. The molecular weight excluding hydrogens is 278 g/mol. The molecule has 0 heterocycles. The molecular formula is C12H17ClF2N2O2. The Balaban J connectivity index is 0.00000324. The quantitative estimate of drug-likeness (QED) is 0.803. The highest BCUT2D eigenvalue weighted by Crippen LogP contribution is 2.20. The zero-order valence-electron chi connectivity index (χ0n) is 10.5. The molecule has 0 saturated carbocycles. The van der Waals surface area contributed by atoms with Crippen molar-refractivity contribution in [3.05, 3.63) is 29.8 Å². The lowest BCUT2D eigenvalue weighted by molar-refractivity contribution is -0.120. The van der Waals surface area contributed by atoms with Crippen molar-refractivity contribution in [2.75, 3.05) is 20.1 Å². The number of amides is 1. The molecule has 1 aromatic carbocycles. The first kappa shape index (κ1) is 17.6. The Kier molecular flexibility index (Phi) is 8.82. The maximum atomic E-state index is 12.2. The smallest absolute Gasteiger partial charge is 0.387 e. The fourth-order valence-corrected chi connectivity index (χ4v) is 1.48. The van der Waals surface area contributed by atoms with Gasteiger partial charge in [-0.25, -0.2) is 0 Å². The molecule has 0 aromatic heterocycles. The van der Waals surface area contributed by atoms with Crippen LogP contribution in [-0.4, -0.2) is 32.7 Å². The van der Waals surface area contributed by atoms with Gasteiger partial charge < -0.3 is 15.4 Å². The number of hydrogen-bond acceptors (Lipinski definition) is 3. The maximum absolute atomic E-state index is 12.2. The van der Waals surface area contributed by atoms with E-state index in [2.05, 4.69) is 15.4 Å². The van der Waals surface area contributed by atoms with Crippen molar-refractivity contribution >= 4 is 18.3 Å². The number of alkyl halides is 2. The average Bonchev–Trinajstić information content (AvgIpc) is 2.31. The number of benzene rings is 1. The van der Waals surface area contributed by atoms with E-state index in [1.54, 1.807) is 25.2 Å². The Hall–Kier alpha value is -1.40. The maximum Gasteiger partial charge on any atom is 0.387 e. The molecule has 2 N–H and O–H groups in total. The van der Waals surface area contributed by atoms with Crippen LogP contribution in [0.15, 0.2) is 24.3 Å². The van der Waals surface area contributed by atoms with Crippen LogP contribution < -0.4 is 15.4 Å². The van der Waals surface area contributed by atoms with Gasteiger partial charge in [0.05, 0.1) is 6.54 Å². The normalized spacial score (nSPS) is 9.89. The van der Waals surface area contributed by atoms with E-state index >= 15 is 0 Å². The molecule has 1 aromatic rings. The summed E-state index contributed by atoms with van der Waals surface area (Å²) in [5.41, 5.74) is 0.641. The zero-order chi connectivity index (χ0) is 13.4. The molecule has 0 aliphatic heterocycles. The fraction of sp³-hybridized carbons (Fsp3) is 0.417. The van der Waals surface area contributed by atoms with Gasteiger partial charge in [0.25, 0.3) is 0 Å². The molecule has 0 aliphatic carbocycles. The second-order valence-electron chi connectivity index (χ2n) is 3.62. The van der Waals surface area contributed by atoms with Crippen LogP contribution >= 0.6 is 12.4 Å². The number of likely N-dealkylation sites (N-methyl/N-ethyl adjacent to an activating group) is 1. The second kappa shape index (κ2) is 9.52. The van der Waals surface area contributed by atoms with Gasteiger partial charge in [0.15, 0.2) is 0 Å². The van der Waals surface area contributed by atoms with Gasteiger partial charge in [-0.1, -0.05) is 18.2 Å². The van der Waals surface area contributed by atoms with Crippen LogP contribution in [-0.2, 0) is 11.2 Å². The van der Waals surface area contributed by atoms with Crippen LogP contribution in [0.5, 0.6) is 5.75 Å². The third kappa shape index (κ3) is 6.93. The number of rotatable bonds is 7. The summed E-state index contributed by atoms with van der Waals surface area (Å²) in [6, 6.07) is 6.54. The highest BCUT2D eigenvalue weighted by Gasteiger charge is 2.09. The first-order valence-corrected chi connectivity index (χ1v) is 5.57. The molecule has 7 heteroatoms. The molecule has 4 nitrogen and oxygen atoms in total. The van der Waals surface area contributed by atoms with Gasteiger partial charge in [-0.05, 0) is 25.1 Å². The molecule has 0 unspecified atom stereocenters. The van der Waals surface area contributed by atoms with Gasteiger partial charge in [-0.3, -0.25) is 4.79 Å². The SMILES string of the molecule is CNCC(=O)NCCc1ccccc1OC(F)F.Cl. The fourth-order valence-electron chi connectivity index (χ4n) is 1.48. The van der Waals surface area contributed by atoms with Crippen molar-refractivity contribution in [1.29, 1.82) is 0 Å². The number of para-hydroxylation sites is 1. The molecule has 0 atom stereocenters. The van der Waals surface area contributed by atoms with Crippen LogP contribution in [0, 0.1) is 0 Å². The van der Waals surface area contributed by atoms with Crippen LogP contribution in [0.1, 0.15) is 5.56 Å². The summed E-state index contributed by atoms with van der Waals surface area (Å²) >= 11 is 0. The number of hydrogen-bond donors (Lipinski definition) is 2. The van der Waals surface area contributed by atoms with Crippen LogP contribution in [0.25, 0.3) is 0 Å². The van der Waals surface area contributed by atoms with Gasteiger partial charge in [-0.15, -0.1) is 12.4 Å². The van der Waals surface area contributed by atoms with Gasteiger partial charge in [0, 0.05) is 6.54 Å². The Labute approximate surface area is 116 Å². The minimum atomic E-state index is -2.84. The van der Waals surface area contributed by atoms with Crippen molar-refractivity contribution in [2.24, 2.45) is 0 Å². The predicted octanol–water partition coefficient (Wildman–Crippen LogP) is 1.59. The molecule has 19 heavy (non-hydrogen) atoms. The Morgan fingerprint density at radius 3 is 2.68 bits per heavy atom. The highest BCUT2D eigenvalue weighted by molar-refractivity contribution is 5.85. The van der Waals surface area contributed by atoms with Gasteiger partial charge in [0.2, 0.25) is 5.91 Å². The molecule has 0 aliphatic rings. The second-order valence-corrected chi connectivity index (χ2v) is 3.62. The standard InChI is InChI=1S/C12H16F2N2O2.ClH/c1-15-8-11(17)16-7-6-9-4-2-3-5-10(9)18-12(13)14;/h2-5,12,15H,6-8H2,1H3,(H,16,17);1H. The topological polar surface area (TPSA) is 50.4 Å². The molecule has 0 saturated heterocycles. The van der Waals surface area contributed by atoms with E-state index in [1.165, 1.54) is 6.07 Å². The van der Waals surface area contributed by atoms with E-state index in [9.17, 15) is 13.6 Å². The zero-order valence-corrected chi connectivity index (χ0v) is 11.3. The van der Waals surface area contributed by atoms with Crippen LogP contribution in [0.3, 0.4) is 0 Å². The highest BCUT2D eigenvalue weighted by atomic mass is 35.5. The number of carbonyl (C=O) groups excluding carboxylic acids is 1. The van der Waals surface area contributed by atoms with Crippen molar-refractivity contribution in [3.8, 4) is 5.75 Å². The summed E-state index contributed by atoms with van der Waals surface area (Å²) in [5.74, 6) is 0.0140. The average molecular weight is 295 g/mol. The molecule has 0 bridgehead atoms. The van der Waals surface area contributed by atoms with Gasteiger partial charge >= 0.3 is 6.61 Å². The lowest BCUT2D eigenvalue weighted by Crippen LogP contribution is -2.33. The molecule has 108 valence electrons. The van der Waals surface area contributed by atoms with E-state index in [4.69, 9.17) is 0 Å². The van der Waals surface area contributed by atoms with E-state index in [1.807, 2.05) is 0 Å². The predicted molar refractivity (Wildman–Crippen MR) is 71.0 cm³/mol. The first-order chi connectivity index (χ1) is 8.63. The first-order valence-electron chi connectivity index (χ1n) is 5.57. The van der Waals surface area contributed by atoms with E-state index in [-0.39, 0.29) is 30.6 Å². The summed E-state index contributed by atoms with van der Waals surface area (Å²) < 4.78 is 28.7. The van der Waals surface area contributed by atoms with Crippen molar-refractivity contribution in [1.82, 2.24) is 10.6 Å². The minimum Gasteiger partial charge on any atom is -0.435 e. The van der Waals surface area contributed by atoms with E-state index < -0.39 is 6.61 Å². The molecule has 0 radical (unpaired) electrons. The Morgan fingerprint density at radius 2 is 2.05 bits per heavy atom. The van der Waals surface area contributed by atoms with E-state index in [0.29, 0.717) is 18.5 Å². The Morgan fingerprint density at radius 1 is 1.37 bits per heavy atom. The third-order valence-electron chi connectivity index (χ3n) is 2.24. The van der Waals surface area contributed by atoms with Crippen LogP contribution in [0.4, 0.5) is 8.78 Å². The lowest BCUT2D eigenvalue weighted by atomic mass is 10.1. The summed E-state index contributed by atoms with van der Waals surface area (Å²) in [6.45, 7) is -2.23. The molecule has 1 amide bonds.